The quantitative estimate of drug-likeness (QED) is 0.686. The number of alkyl halides is 2. The first-order valence-electron chi connectivity index (χ1n) is 8.04. The van der Waals surface area contributed by atoms with Crippen LogP contribution < -0.4 is 5.32 Å². The van der Waals surface area contributed by atoms with Crippen LogP contribution in [-0.4, -0.2) is 48.0 Å². The Morgan fingerprint density at radius 2 is 1.83 bits per heavy atom. The van der Waals surface area contributed by atoms with Crippen molar-refractivity contribution < 1.29 is 13.7 Å². The molecule has 0 radical (unpaired) electrons. The van der Waals surface area contributed by atoms with Crippen LogP contribution in [0.5, 0.6) is 0 Å². The van der Waals surface area contributed by atoms with Crippen molar-refractivity contribution in [2.24, 2.45) is 0 Å². The summed E-state index contributed by atoms with van der Waals surface area (Å²) in [6, 6.07) is 5.79. The SMILES string of the molecule is O=[N+]([O-])c1ccc(C2CCN(C3CCNCC3)CC2(F)F)cc1. The first-order chi connectivity index (χ1) is 11.0. The van der Waals surface area contributed by atoms with Gasteiger partial charge in [-0.05, 0) is 44.5 Å². The first-order valence-corrected chi connectivity index (χ1v) is 8.04. The molecule has 2 saturated heterocycles. The van der Waals surface area contributed by atoms with Crippen molar-refractivity contribution in [2.45, 2.75) is 37.1 Å². The smallest absolute Gasteiger partial charge is 0.269 e. The summed E-state index contributed by atoms with van der Waals surface area (Å²) in [5, 5.41) is 13.9. The molecule has 1 unspecified atom stereocenters. The minimum Gasteiger partial charge on any atom is -0.317 e. The molecule has 1 aromatic carbocycles. The van der Waals surface area contributed by atoms with Crippen LogP contribution in [-0.2, 0) is 0 Å². The number of nitrogens with zero attached hydrogens (tertiary/aromatic N) is 2. The number of benzene rings is 1. The van der Waals surface area contributed by atoms with Crippen molar-refractivity contribution in [3.63, 3.8) is 0 Å². The van der Waals surface area contributed by atoms with Crippen molar-refractivity contribution in [1.29, 1.82) is 0 Å². The maximum atomic E-state index is 14.6. The van der Waals surface area contributed by atoms with Gasteiger partial charge in [0, 0.05) is 18.2 Å². The average Bonchev–Trinajstić information content (AvgIpc) is 2.55. The molecule has 0 aromatic heterocycles. The molecular weight excluding hydrogens is 304 g/mol. The molecule has 2 fully saturated rings. The van der Waals surface area contributed by atoms with Gasteiger partial charge >= 0.3 is 0 Å². The fraction of sp³-hybridized carbons (Fsp3) is 0.625. The molecule has 1 aromatic rings. The molecule has 0 spiro atoms. The van der Waals surface area contributed by atoms with Gasteiger partial charge in [0.15, 0.2) is 0 Å². The van der Waals surface area contributed by atoms with Crippen LogP contribution >= 0.6 is 0 Å². The third-order valence-electron chi connectivity index (χ3n) is 4.96. The van der Waals surface area contributed by atoms with Gasteiger partial charge in [0.1, 0.15) is 0 Å². The maximum Gasteiger partial charge on any atom is 0.269 e. The lowest BCUT2D eigenvalue weighted by Crippen LogP contribution is -2.53. The maximum absolute atomic E-state index is 14.6. The van der Waals surface area contributed by atoms with Crippen molar-refractivity contribution in [2.75, 3.05) is 26.2 Å². The molecule has 0 bridgehead atoms. The van der Waals surface area contributed by atoms with E-state index in [-0.39, 0.29) is 18.3 Å². The summed E-state index contributed by atoms with van der Waals surface area (Å²) < 4.78 is 29.3. The monoisotopic (exact) mass is 325 g/mol. The van der Waals surface area contributed by atoms with E-state index in [1.165, 1.54) is 24.3 Å². The summed E-state index contributed by atoms with van der Waals surface area (Å²) in [5.74, 6) is -3.67. The zero-order chi connectivity index (χ0) is 16.4. The minimum atomic E-state index is -2.81. The van der Waals surface area contributed by atoms with Crippen LogP contribution in [0.4, 0.5) is 14.5 Å². The molecule has 126 valence electrons. The van der Waals surface area contributed by atoms with Crippen molar-refractivity contribution >= 4 is 5.69 Å². The molecular formula is C16H21F2N3O2. The second-order valence-electron chi connectivity index (χ2n) is 6.40. The van der Waals surface area contributed by atoms with Crippen LogP contribution in [0, 0.1) is 10.1 Å². The molecule has 5 nitrogen and oxygen atoms in total. The topological polar surface area (TPSA) is 58.4 Å². The lowest BCUT2D eigenvalue weighted by molar-refractivity contribution is -0.384. The Morgan fingerprint density at radius 3 is 2.39 bits per heavy atom. The first kappa shape index (κ1) is 16.3. The summed E-state index contributed by atoms with van der Waals surface area (Å²) in [4.78, 5) is 12.1. The zero-order valence-corrected chi connectivity index (χ0v) is 12.9. The van der Waals surface area contributed by atoms with Crippen LogP contribution in [0.3, 0.4) is 0 Å². The number of non-ortho nitro benzene ring substituents is 1. The van der Waals surface area contributed by atoms with E-state index in [9.17, 15) is 18.9 Å². The summed E-state index contributed by atoms with van der Waals surface area (Å²) >= 11 is 0. The highest BCUT2D eigenvalue weighted by Crippen LogP contribution is 2.41. The van der Waals surface area contributed by atoms with Crippen LogP contribution in [0.15, 0.2) is 24.3 Å². The largest absolute Gasteiger partial charge is 0.317 e. The molecule has 7 heteroatoms. The number of hydrogen-bond acceptors (Lipinski definition) is 4. The molecule has 2 heterocycles. The number of nitro groups is 1. The van der Waals surface area contributed by atoms with E-state index in [2.05, 4.69) is 5.32 Å². The van der Waals surface area contributed by atoms with Gasteiger partial charge in [0.25, 0.3) is 11.6 Å². The Hall–Kier alpha value is -1.60. The standard InChI is InChI=1S/C16H21F2N3O2/c17-16(18)11-20(13-5-8-19-9-6-13)10-7-15(16)12-1-3-14(4-2-12)21(22)23/h1-4,13,15,19H,5-11H2. The number of piperidine rings is 2. The second kappa shape index (κ2) is 6.49. The highest BCUT2D eigenvalue weighted by molar-refractivity contribution is 5.35. The summed E-state index contributed by atoms with van der Waals surface area (Å²) in [7, 11) is 0. The summed E-state index contributed by atoms with van der Waals surface area (Å²) in [6.07, 6.45) is 2.21. The van der Waals surface area contributed by atoms with Gasteiger partial charge in [-0.2, -0.15) is 0 Å². The molecule has 1 N–H and O–H groups in total. The third-order valence-corrected chi connectivity index (χ3v) is 4.96. The lowest BCUT2D eigenvalue weighted by atomic mass is 9.85. The van der Waals surface area contributed by atoms with Gasteiger partial charge in [0.05, 0.1) is 17.4 Å². The normalized spacial score (nSPS) is 26.1. The van der Waals surface area contributed by atoms with E-state index in [0.29, 0.717) is 18.5 Å². The van der Waals surface area contributed by atoms with Gasteiger partial charge in [-0.25, -0.2) is 8.78 Å². The van der Waals surface area contributed by atoms with E-state index < -0.39 is 16.8 Å². The number of rotatable bonds is 3. The summed E-state index contributed by atoms with van der Waals surface area (Å²) in [6.45, 7) is 2.21. The van der Waals surface area contributed by atoms with Gasteiger partial charge in [-0.1, -0.05) is 12.1 Å². The molecule has 1 atom stereocenters. The molecule has 0 aliphatic carbocycles. The summed E-state index contributed by atoms with van der Waals surface area (Å²) in [5.41, 5.74) is 0.426. The Kier molecular flexibility index (Phi) is 4.59. The van der Waals surface area contributed by atoms with Crippen LogP contribution in [0.25, 0.3) is 0 Å². The van der Waals surface area contributed by atoms with E-state index in [4.69, 9.17) is 0 Å². The third kappa shape index (κ3) is 3.50. The predicted octanol–water partition coefficient (Wildman–Crippen LogP) is 2.77. The number of likely N-dealkylation sites (tertiary alicyclic amines) is 1. The number of nitro benzene ring substituents is 1. The Bertz CT molecular complexity index is 559. The Morgan fingerprint density at radius 1 is 1.17 bits per heavy atom. The van der Waals surface area contributed by atoms with Crippen molar-refractivity contribution in [3.8, 4) is 0 Å². The number of halogens is 2. The molecule has 23 heavy (non-hydrogen) atoms. The Balaban J connectivity index is 1.71. The van der Waals surface area contributed by atoms with Gasteiger partial charge in [0.2, 0.25) is 0 Å². The van der Waals surface area contributed by atoms with E-state index in [1.807, 2.05) is 4.90 Å². The van der Waals surface area contributed by atoms with Gasteiger partial charge in [-0.3, -0.25) is 15.0 Å². The lowest BCUT2D eigenvalue weighted by Gasteiger charge is -2.43. The van der Waals surface area contributed by atoms with Gasteiger partial charge in [-0.15, -0.1) is 0 Å². The van der Waals surface area contributed by atoms with Crippen molar-refractivity contribution in [1.82, 2.24) is 10.2 Å². The molecule has 2 aliphatic heterocycles. The Labute approximate surface area is 133 Å². The van der Waals surface area contributed by atoms with Crippen LogP contribution in [0.1, 0.15) is 30.7 Å². The van der Waals surface area contributed by atoms with E-state index in [0.717, 1.165) is 25.9 Å². The van der Waals surface area contributed by atoms with Gasteiger partial charge < -0.3 is 5.32 Å². The van der Waals surface area contributed by atoms with Crippen LogP contribution in [0.2, 0.25) is 0 Å². The highest BCUT2D eigenvalue weighted by atomic mass is 19.3. The molecule has 0 saturated carbocycles. The van der Waals surface area contributed by atoms with E-state index >= 15 is 0 Å². The fourth-order valence-electron chi connectivity index (χ4n) is 3.69. The second-order valence-corrected chi connectivity index (χ2v) is 6.40. The van der Waals surface area contributed by atoms with Crippen molar-refractivity contribution in [3.05, 3.63) is 39.9 Å². The molecule has 3 rings (SSSR count). The molecule has 2 aliphatic rings. The average molecular weight is 325 g/mol. The number of nitrogens with one attached hydrogen (secondary N) is 1. The predicted molar refractivity (Wildman–Crippen MR) is 82.9 cm³/mol. The number of hydrogen-bond donors (Lipinski definition) is 1. The fourth-order valence-corrected chi connectivity index (χ4v) is 3.69. The zero-order valence-electron chi connectivity index (χ0n) is 12.9. The molecule has 0 amide bonds. The highest BCUT2D eigenvalue weighted by Gasteiger charge is 2.46. The minimum absolute atomic E-state index is 0.0655. The van der Waals surface area contributed by atoms with E-state index in [1.54, 1.807) is 0 Å².